The fraction of sp³-hybridized carbons (Fsp3) is 0.167. The molecular formula is C90H70F11N9O7. The third-order valence-corrected chi connectivity index (χ3v) is 20.0. The molecule has 0 radical (unpaired) electrons. The number of para-hydroxylation sites is 1. The summed E-state index contributed by atoms with van der Waals surface area (Å²) in [7, 11) is 0. The average Bonchev–Trinajstić information content (AvgIpc) is 1.62. The van der Waals surface area contributed by atoms with Gasteiger partial charge in [-0.25, -0.2) is 23.6 Å². The Kier molecular flexibility index (Phi) is 21.7. The van der Waals surface area contributed by atoms with Crippen molar-refractivity contribution in [2.24, 2.45) is 0 Å². The number of aryl methyl sites for hydroxylation is 3. The molecule has 15 rings (SSSR count). The lowest BCUT2D eigenvalue weighted by atomic mass is 9.81. The number of amides is 6. The fourth-order valence-electron chi connectivity index (χ4n) is 14.2. The molecule has 117 heavy (non-hydrogen) atoms. The molecule has 3 N–H and O–H groups in total. The van der Waals surface area contributed by atoms with Crippen LogP contribution in [0.5, 0.6) is 5.75 Å². The molecule has 0 bridgehead atoms. The van der Waals surface area contributed by atoms with Gasteiger partial charge >= 0.3 is 18.5 Å². The number of benzene rings is 10. The zero-order valence-corrected chi connectivity index (χ0v) is 63.8. The van der Waals surface area contributed by atoms with Gasteiger partial charge in [0.05, 0.1) is 78.8 Å². The van der Waals surface area contributed by atoms with E-state index >= 15 is 0 Å². The highest BCUT2D eigenvalue weighted by Gasteiger charge is 2.50. The maximum atomic E-state index is 14.8. The highest BCUT2D eigenvalue weighted by Crippen LogP contribution is 2.54. The number of nitrogens with zero attached hydrogens (tertiary/aromatic N) is 6. The maximum absolute atomic E-state index is 14.8. The summed E-state index contributed by atoms with van der Waals surface area (Å²) in [6.45, 7) is 15.5. The predicted molar refractivity (Wildman–Crippen MR) is 423 cm³/mol. The van der Waals surface area contributed by atoms with Gasteiger partial charge in [-0.15, -0.1) is 0 Å². The molecule has 16 nitrogen and oxygen atoms in total. The third kappa shape index (κ3) is 16.2. The van der Waals surface area contributed by atoms with Crippen molar-refractivity contribution in [3.05, 3.63) is 316 Å². The molecule has 0 fully saturated rings. The summed E-state index contributed by atoms with van der Waals surface area (Å²) in [6, 6.07) is 53.7. The van der Waals surface area contributed by atoms with E-state index in [1.165, 1.54) is 59.8 Å². The maximum Gasteiger partial charge on any atom is 0.417 e. The van der Waals surface area contributed by atoms with Crippen LogP contribution in [0, 0.1) is 32.4 Å². The van der Waals surface area contributed by atoms with Gasteiger partial charge in [0, 0.05) is 41.2 Å². The lowest BCUT2D eigenvalue weighted by Gasteiger charge is -2.38. The van der Waals surface area contributed by atoms with Crippen molar-refractivity contribution in [1.29, 1.82) is 0 Å². The Morgan fingerprint density at radius 2 is 0.769 bits per heavy atom. The van der Waals surface area contributed by atoms with Crippen LogP contribution >= 0.6 is 0 Å². The molecule has 594 valence electrons. The molecule has 10 aromatic carbocycles. The molecule has 0 atom stereocenters. The van der Waals surface area contributed by atoms with E-state index in [1.54, 1.807) is 204 Å². The zero-order valence-electron chi connectivity index (χ0n) is 63.8. The van der Waals surface area contributed by atoms with E-state index in [4.69, 9.17) is 4.74 Å². The molecule has 0 saturated heterocycles. The fourth-order valence-corrected chi connectivity index (χ4v) is 14.2. The third-order valence-electron chi connectivity index (χ3n) is 20.0. The number of carbonyl (C=O) groups is 6. The van der Waals surface area contributed by atoms with Crippen LogP contribution in [-0.4, -0.2) is 56.0 Å². The molecule has 6 amide bonds. The van der Waals surface area contributed by atoms with E-state index in [0.29, 0.717) is 73.1 Å². The molecular weight excluding hydrogens is 1530 g/mol. The minimum absolute atomic E-state index is 0.128. The van der Waals surface area contributed by atoms with Crippen LogP contribution < -0.4 is 35.4 Å². The van der Waals surface area contributed by atoms with E-state index in [0.717, 1.165) is 51.9 Å². The Hall–Kier alpha value is -13.7. The molecule has 0 spiro atoms. The van der Waals surface area contributed by atoms with Gasteiger partial charge in [-0.05, 0) is 223 Å². The number of hydrogen-bond acceptors (Lipinski definition) is 10. The Morgan fingerprint density at radius 3 is 1.18 bits per heavy atom. The van der Waals surface area contributed by atoms with Gasteiger partial charge in [-0.1, -0.05) is 114 Å². The first-order valence-electron chi connectivity index (χ1n) is 36.3. The monoisotopic (exact) mass is 1600 g/mol. The second kappa shape index (κ2) is 31.2. The number of ether oxygens (including phenoxy) is 1. The summed E-state index contributed by atoms with van der Waals surface area (Å²) in [5, 5.41) is 7.63. The lowest BCUT2D eigenvalue weighted by molar-refractivity contribution is -0.138. The number of hydrogen-bond donors (Lipinski definition) is 3. The van der Waals surface area contributed by atoms with Gasteiger partial charge in [0.1, 0.15) is 0 Å². The highest BCUT2D eigenvalue weighted by atomic mass is 19.4. The average molecular weight is 1600 g/mol. The molecule has 3 aliphatic heterocycles. The summed E-state index contributed by atoms with van der Waals surface area (Å²) in [5.74, 6) is -5.82. The van der Waals surface area contributed by atoms with Gasteiger partial charge in [0.25, 0.3) is 23.6 Å². The van der Waals surface area contributed by atoms with Crippen molar-refractivity contribution in [2.75, 3.05) is 30.7 Å². The minimum Gasteiger partial charge on any atom is -0.475 e. The van der Waals surface area contributed by atoms with Crippen molar-refractivity contribution < 1.29 is 81.8 Å². The summed E-state index contributed by atoms with van der Waals surface area (Å²) in [6.07, 6.45) is -8.12. The second-order valence-corrected chi connectivity index (χ2v) is 29.4. The molecule has 3 aliphatic rings. The number of aromatic nitrogens is 3. The molecule has 0 aliphatic carbocycles. The smallest absolute Gasteiger partial charge is 0.417 e. The summed E-state index contributed by atoms with van der Waals surface area (Å²) in [5.41, 5.74) is 0.358. The number of nitrogens with one attached hydrogen (secondary N) is 3. The van der Waals surface area contributed by atoms with E-state index in [1.807, 2.05) is 20.8 Å². The van der Waals surface area contributed by atoms with Crippen molar-refractivity contribution in [3.63, 3.8) is 0 Å². The SMILES string of the molecule is Cc1ccc(NC(=O)c2cc(-c3cccc4c3C(C)(C)C(=O)N4c3cccc(F)c3F)ccc2C(F)(F)F)cc1.Cc1ccc(NC(=O)c2cc(-c3cccc4c3C(C)(C)C(=O)N4c3cccnc3)ccc2C(F)(F)F)cc1.Cc1ccc(NC(=O)c2cc(-c3cccc4c3OC(C)(C)C(=O)N4c3ncccn3)ccc2C(F)(F)F)cc1. The van der Waals surface area contributed by atoms with E-state index in [9.17, 15) is 77.1 Å². The van der Waals surface area contributed by atoms with Gasteiger partial charge in [0.15, 0.2) is 23.0 Å². The van der Waals surface area contributed by atoms with Gasteiger partial charge < -0.3 is 20.7 Å². The first-order chi connectivity index (χ1) is 55.2. The molecule has 27 heteroatoms. The van der Waals surface area contributed by atoms with E-state index in [2.05, 4.69) is 30.9 Å². The van der Waals surface area contributed by atoms with Gasteiger partial charge in [-0.3, -0.25) is 43.6 Å². The summed E-state index contributed by atoms with van der Waals surface area (Å²) < 4.78 is 160. The van der Waals surface area contributed by atoms with Gasteiger partial charge in [0.2, 0.25) is 17.8 Å². The number of pyridine rings is 1. The lowest BCUT2D eigenvalue weighted by Crippen LogP contribution is -2.51. The van der Waals surface area contributed by atoms with Crippen LogP contribution in [0.15, 0.2) is 243 Å². The number of alkyl halides is 9. The first kappa shape index (κ1) is 81.3. The zero-order chi connectivity index (χ0) is 84.2. The molecule has 2 aromatic heterocycles. The standard InChI is InChI=1S/C31H23F5N2O2.C30H24F3N3O2.C29H23F3N4O3/c1-17-10-13-19(14-11-17)37-28(39)21-16-18(12-15-22(21)31(34,35)36)20-6-4-8-24-26(20)30(2,3)29(40)38(24)25-9-5-7-23(32)27(25)33;1-18-9-12-20(13-10-18)35-27(37)23-16-19(11-14-24(23)30(31,32)33)22-7-4-8-25-26(22)29(2,3)28(38)36(25)21-6-5-15-34-17-21;1-17-8-11-19(12-9-17)35-25(37)21-16-18(10-13-22(21)29(30,31)32)20-6-4-7-23-24(20)39-28(2,3)26(38)36(23)27-33-14-5-15-34-27/h4-16H,1-3H3,(H,37,39);4-17H,1-3H3,(H,35,37);4-16H,1-3H3,(H,35,37). The van der Waals surface area contributed by atoms with Crippen LogP contribution in [0.3, 0.4) is 0 Å². The number of rotatable bonds is 12. The second-order valence-electron chi connectivity index (χ2n) is 29.4. The van der Waals surface area contributed by atoms with Crippen LogP contribution in [0.4, 0.5) is 99.7 Å². The van der Waals surface area contributed by atoms with Crippen LogP contribution in [0.25, 0.3) is 33.4 Å². The van der Waals surface area contributed by atoms with Gasteiger partial charge in [-0.2, -0.15) is 39.5 Å². The predicted octanol–water partition coefficient (Wildman–Crippen LogP) is 22.0. The molecule has 0 unspecified atom stereocenters. The summed E-state index contributed by atoms with van der Waals surface area (Å²) in [4.78, 5) is 96.2. The molecule has 0 saturated carbocycles. The largest absolute Gasteiger partial charge is 0.475 e. The Balaban J connectivity index is 0.000000152. The number of anilines is 9. The van der Waals surface area contributed by atoms with Crippen LogP contribution in [0.2, 0.25) is 0 Å². The number of fused-ring (bicyclic) bond motifs is 3. The van der Waals surface area contributed by atoms with Crippen molar-refractivity contribution in [2.45, 2.75) is 97.3 Å². The normalized spacial score (nSPS) is 14.4. The first-order valence-corrected chi connectivity index (χ1v) is 36.3. The Labute approximate surface area is 663 Å². The van der Waals surface area contributed by atoms with Crippen molar-refractivity contribution in [3.8, 4) is 39.1 Å². The Bertz CT molecular complexity index is 5920. The highest BCUT2D eigenvalue weighted by molar-refractivity contribution is 6.17. The minimum atomic E-state index is -4.81. The van der Waals surface area contributed by atoms with E-state index < -0.39 is 110 Å². The topological polar surface area (TPSA) is 196 Å². The number of halogens is 11. The van der Waals surface area contributed by atoms with E-state index in [-0.39, 0.29) is 34.5 Å². The van der Waals surface area contributed by atoms with Crippen molar-refractivity contribution in [1.82, 2.24) is 15.0 Å². The summed E-state index contributed by atoms with van der Waals surface area (Å²) >= 11 is 0. The number of carbonyl (C=O) groups excluding carboxylic acids is 6. The van der Waals surface area contributed by atoms with Crippen LogP contribution in [-0.2, 0) is 43.7 Å². The molecule has 5 heterocycles. The van der Waals surface area contributed by atoms with Crippen LogP contribution in [0.1, 0.15) is 117 Å². The Morgan fingerprint density at radius 1 is 0.393 bits per heavy atom. The van der Waals surface area contributed by atoms with Crippen molar-refractivity contribution >= 4 is 86.9 Å². The quantitative estimate of drug-likeness (QED) is 0.0990. The molecule has 12 aromatic rings.